The number of ether oxygens (including phenoxy) is 2. The van der Waals surface area contributed by atoms with Crippen molar-refractivity contribution in [1.29, 1.82) is 0 Å². The first-order chi connectivity index (χ1) is 17.8. The Bertz CT molecular complexity index is 1520. The van der Waals surface area contributed by atoms with Crippen LogP contribution in [-0.2, 0) is 9.53 Å². The van der Waals surface area contributed by atoms with Crippen LogP contribution in [0.15, 0.2) is 76.2 Å². The summed E-state index contributed by atoms with van der Waals surface area (Å²) in [5.41, 5.74) is 1.04. The molecule has 1 atom stereocenters. The molecule has 0 radical (unpaired) electrons. The minimum absolute atomic E-state index is 0.0166. The maximum absolute atomic E-state index is 14.5. The van der Waals surface area contributed by atoms with Gasteiger partial charge in [-0.15, -0.1) is 0 Å². The van der Waals surface area contributed by atoms with Crippen molar-refractivity contribution >= 4 is 35.0 Å². The van der Waals surface area contributed by atoms with Gasteiger partial charge in [-0.2, -0.15) is 0 Å². The zero-order valence-corrected chi connectivity index (χ0v) is 22.1. The first-order valence-electron chi connectivity index (χ1n) is 11.8. The van der Waals surface area contributed by atoms with Crippen LogP contribution in [0.1, 0.15) is 43.9 Å². The molecule has 9 heteroatoms. The fourth-order valence-electron chi connectivity index (χ4n) is 3.97. The molecule has 0 spiro atoms. The molecule has 37 heavy (non-hydrogen) atoms. The number of halogens is 2. The van der Waals surface area contributed by atoms with E-state index in [1.807, 2.05) is 24.3 Å². The van der Waals surface area contributed by atoms with Gasteiger partial charge in [0, 0.05) is 5.56 Å². The van der Waals surface area contributed by atoms with Crippen LogP contribution >= 0.6 is 22.9 Å². The summed E-state index contributed by atoms with van der Waals surface area (Å²) < 4.78 is 27.3. The average molecular weight is 541 g/mol. The van der Waals surface area contributed by atoms with E-state index in [0.717, 1.165) is 24.2 Å². The Morgan fingerprint density at radius 3 is 2.70 bits per heavy atom. The predicted octanol–water partition coefficient (Wildman–Crippen LogP) is 4.94. The van der Waals surface area contributed by atoms with E-state index >= 15 is 0 Å². The van der Waals surface area contributed by atoms with Crippen LogP contribution in [0.4, 0.5) is 4.39 Å². The maximum atomic E-state index is 14.5. The number of carbonyl (C=O) groups excluding carboxylic acids is 1. The molecule has 1 aromatic heterocycles. The molecule has 0 fully saturated rings. The van der Waals surface area contributed by atoms with Gasteiger partial charge in [-0.25, -0.2) is 14.2 Å². The summed E-state index contributed by atoms with van der Waals surface area (Å²) in [5.74, 6) is -0.449. The highest BCUT2D eigenvalue weighted by molar-refractivity contribution is 7.07. The molecule has 1 aliphatic heterocycles. The third-order valence-corrected chi connectivity index (χ3v) is 7.12. The molecule has 192 valence electrons. The Morgan fingerprint density at radius 1 is 1.27 bits per heavy atom. The van der Waals surface area contributed by atoms with Crippen LogP contribution in [0, 0.1) is 5.82 Å². The van der Waals surface area contributed by atoms with Crippen molar-refractivity contribution in [3.8, 4) is 5.75 Å². The topological polar surface area (TPSA) is 69.9 Å². The lowest BCUT2D eigenvalue weighted by Crippen LogP contribution is -2.40. The summed E-state index contributed by atoms with van der Waals surface area (Å²) in [6.45, 7) is 7.99. The van der Waals surface area contributed by atoms with Crippen molar-refractivity contribution in [2.24, 2.45) is 4.99 Å². The second-order valence-electron chi connectivity index (χ2n) is 8.38. The lowest BCUT2D eigenvalue weighted by Gasteiger charge is -2.24. The monoisotopic (exact) mass is 540 g/mol. The normalized spacial score (nSPS) is 15.2. The molecule has 3 aromatic rings. The second-order valence-corrected chi connectivity index (χ2v) is 9.79. The molecule has 0 aliphatic carbocycles. The molecule has 6 nitrogen and oxygen atoms in total. The zero-order valence-electron chi connectivity index (χ0n) is 20.5. The molecule has 0 saturated heterocycles. The van der Waals surface area contributed by atoms with Crippen molar-refractivity contribution in [1.82, 2.24) is 4.57 Å². The van der Waals surface area contributed by atoms with E-state index in [9.17, 15) is 14.0 Å². The molecule has 2 heterocycles. The van der Waals surface area contributed by atoms with E-state index in [1.165, 1.54) is 28.9 Å². The highest BCUT2D eigenvalue weighted by atomic mass is 35.5. The summed E-state index contributed by atoms with van der Waals surface area (Å²) in [6, 6.07) is 10.8. The van der Waals surface area contributed by atoms with Crippen molar-refractivity contribution in [3.05, 3.63) is 108 Å². The van der Waals surface area contributed by atoms with Gasteiger partial charge in [-0.05, 0) is 49.2 Å². The number of allylic oxidation sites excluding steroid dienone is 1. The predicted molar refractivity (Wildman–Crippen MR) is 143 cm³/mol. The number of hydrogen-bond donors (Lipinski definition) is 0. The molecule has 1 unspecified atom stereocenters. The van der Waals surface area contributed by atoms with Gasteiger partial charge in [-0.1, -0.05) is 67.1 Å². The van der Waals surface area contributed by atoms with Crippen LogP contribution in [0.5, 0.6) is 5.75 Å². The third-order valence-electron chi connectivity index (χ3n) is 5.81. The minimum atomic E-state index is -0.795. The zero-order chi connectivity index (χ0) is 26.5. The molecule has 0 saturated carbocycles. The SMILES string of the molecule is C=CCOC(=O)C1=C(C)N=c2s/c(=C\c3c(F)cccc3Cl)c(=O)n2C1c1ccc(OCCCC)cc1. The average Bonchev–Trinajstić information content (AvgIpc) is 3.19. The van der Waals surface area contributed by atoms with Crippen LogP contribution in [0.2, 0.25) is 5.02 Å². The van der Waals surface area contributed by atoms with Crippen LogP contribution in [0.25, 0.3) is 6.08 Å². The largest absolute Gasteiger partial charge is 0.494 e. The number of thiazole rings is 1. The standard InChI is InChI=1S/C28H26ClFN2O4S/c1-4-6-15-35-19-12-10-18(11-13-19)25-24(27(34)36-14-5-2)17(3)31-28-32(25)26(33)23(37-28)16-20-21(29)8-7-9-22(20)30/h5,7-13,16,25H,2,4,6,14-15H2,1,3H3/b23-16-. The Balaban J connectivity index is 1.86. The molecule has 0 N–H and O–H groups in total. The second kappa shape index (κ2) is 11.7. The fourth-order valence-corrected chi connectivity index (χ4v) is 5.22. The fraction of sp³-hybridized carbons (Fsp3) is 0.250. The van der Waals surface area contributed by atoms with Gasteiger partial charge < -0.3 is 9.47 Å². The van der Waals surface area contributed by atoms with Crippen molar-refractivity contribution < 1.29 is 18.7 Å². The highest BCUT2D eigenvalue weighted by Gasteiger charge is 2.33. The van der Waals surface area contributed by atoms with Crippen molar-refractivity contribution in [3.63, 3.8) is 0 Å². The number of aromatic nitrogens is 1. The third kappa shape index (κ3) is 5.60. The first kappa shape index (κ1) is 26.6. The smallest absolute Gasteiger partial charge is 0.338 e. The number of unbranched alkanes of at least 4 members (excludes halogenated alkanes) is 1. The van der Waals surface area contributed by atoms with Gasteiger partial charge in [0.25, 0.3) is 5.56 Å². The summed E-state index contributed by atoms with van der Waals surface area (Å²) in [7, 11) is 0. The Hall–Kier alpha value is -3.49. The lowest BCUT2D eigenvalue weighted by atomic mass is 9.96. The van der Waals surface area contributed by atoms with E-state index in [4.69, 9.17) is 21.1 Å². The Labute approximate surface area is 222 Å². The molecule has 0 bridgehead atoms. The summed E-state index contributed by atoms with van der Waals surface area (Å²) in [4.78, 5) is 31.7. The van der Waals surface area contributed by atoms with Gasteiger partial charge in [-0.3, -0.25) is 9.36 Å². The summed E-state index contributed by atoms with van der Waals surface area (Å²) in [6.07, 6.45) is 4.84. The molecule has 1 aliphatic rings. The van der Waals surface area contributed by atoms with Crippen LogP contribution in [-0.4, -0.2) is 23.8 Å². The van der Waals surface area contributed by atoms with Gasteiger partial charge in [0.05, 0.1) is 33.5 Å². The number of benzene rings is 2. The van der Waals surface area contributed by atoms with Crippen molar-refractivity contribution in [2.45, 2.75) is 32.7 Å². The van der Waals surface area contributed by atoms with Crippen LogP contribution in [0.3, 0.4) is 0 Å². The van der Waals surface area contributed by atoms with E-state index in [1.54, 1.807) is 13.0 Å². The van der Waals surface area contributed by atoms with E-state index in [0.29, 0.717) is 28.4 Å². The maximum Gasteiger partial charge on any atom is 0.338 e. The molecular weight excluding hydrogens is 515 g/mol. The summed E-state index contributed by atoms with van der Waals surface area (Å²) in [5, 5.41) is 0.186. The van der Waals surface area contributed by atoms with Gasteiger partial charge >= 0.3 is 5.97 Å². The Morgan fingerprint density at radius 2 is 2.03 bits per heavy atom. The number of fused-ring (bicyclic) bond motifs is 1. The van der Waals surface area contributed by atoms with E-state index in [-0.39, 0.29) is 27.3 Å². The van der Waals surface area contributed by atoms with E-state index < -0.39 is 23.4 Å². The highest BCUT2D eigenvalue weighted by Crippen LogP contribution is 2.31. The molecular formula is C28H26ClFN2O4S. The lowest BCUT2D eigenvalue weighted by molar-refractivity contribution is -0.138. The number of carbonyl (C=O) groups is 1. The van der Waals surface area contributed by atoms with Crippen LogP contribution < -0.4 is 19.6 Å². The summed E-state index contributed by atoms with van der Waals surface area (Å²) >= 11 is 7.29. The van der Waals surface area contributed by atoms with Gasteiger partial charge in [0.1, 0.15) is 18.2 Å². The Kier molecular flexibility index (Phi) is 8.41. The van der Waals surface area contributed by atoms with Gasteiger partial charge in [0.15, 0.2) is 4.80 Å². The molecule has 2 aromatic carbocycles. The minimum Gasteiger partial charge on any atom is -0.494 e. The molecule has 0 amide bonds. The van der Waals surface area contributed by atoms with Gasteiger partial charge in [0.2, 0.25) is 0 Å². The quantitative estimate of drug-likeness (QED) is 0.219. The van der Waals surface area contributed by atoms with Crippen molar-refractivity contribution in [2.75, 3.05) is 13.2 Å². The first-order valence-corrected chi connectivity index (χ1v) is 13.0. The number of rotatable bonds is 9. The molecule has 4 rings (SSSR count). The number of hydrogen-bond acceptors (Lipinski definition) is 6. The van der Waals surface area contributed by atoms with E-state index in [2.05, 4.69) is 18.5 Å². The number of esters is 1. The number of nitrogens with zero attached hydrogens (tertiary/aromatic N) is 2.